The maximum Gasteiger partial charge on any atom is 0.326 e. The Morgan fingerprint density at radius 2 is 1.67 bits per heavy atom. The number of fused-ring (bicyclic) bond motifs is 3. The molecule has 204 valence electrons. The highest BCUT2D eigenvalue weighted by atomic mass is 35.5. The monoisotopic (exact) mass is 582 g/mol. The van der Waals surface area contributed by atoms with E-state index >= 15 is 0 Å². The normalized spacial score (nSPS) is 21.1. The lowest BCUT2D eigenvalue weighted by Gasteiger charge is -2.37. The third-order valence-corrected chi connectivity index (χ3v) is 9.37. The van der Waals surface area contributed by atoms with Crippen LogP contribution >= 0.6 is 34.8 Å². The van der Waals surface area contributed by atoms with Gasteiger partial charge in [-0.05, 0) is 73.7 Å². The van der Waals surface area contributed by atoms with Gasteiger partial charge in [0.05, 0.1) is 21.4 Å². The van der Waals surface area contributed by atoms with Gasteiger partial charge in [0.15, 0.2) is 0 Å². The minimum Gasteiger partial charge on any atom is -0.333 e. The topological polar surface area (TPSA) is 38.8 Å². The number of piperazine rings is 1. The fraction of sp³-hybridized carbons (Fsp3) is 0.387. The number of rotatable bonds is 6. The second-order valence-electron chi connectivity index (χ2n) is 11.1. The SMILES string of the molecule is CCc1cc(Cl)c(N2C(=O)NCc3c(-c4ccccc4Cl)cc(CN4CC5CC4CN5C(C)C)cc32)c(Cl)c1. The van der Waals surface area contributed by atoms with Crippen LogP contribution in [0.3, 0.4) is 0 Å². The van der Waals surface area contributed by atoms with Crippen LogP contribution in [-0.4, -0.2) is 47.0 Å². The summed E-state index contributed by atoms with van der Waals surface area (Å²) < 4.78 is 0. The van der Waals surface area contributed by atoms with Crippen LogP contribution in [0, 0.1) is 0 Å². The average Bonchev–Trinajstić information content (AvgIpc) is 3.50. The number of urea groups is 1. The molecule has 3 aromatic carbocycles. The van der Waals surface area contributed by atoms with E-state index in [-0.39, 0.29) is 6.03 Å². The Kier molecular flexibility index (Phi) is 7.32. The zero-order valence-electron chi connectivity index (χ0n) is 22.5. The molecule has 2 amide bonds. The van der Waals surface area contributed by atoms with Gasteiger partial charge in [-0.25, -0.2) is 4.79 Å². The minimum atomic E-state index is -0.245. The summed E-state index contributed by atoms with van der Waals surface area (Å²) >= 11 is 20.3. The molecule has 2 saturated heterocycles. The maximum absolute atomic E-state index is 13.4. The number of benzene rings is 3. The van der Waals surface area contributed by atoms with Crippen molar-refractivity contribution in [3.63, 3.8) is 0 Å². The first-order chi connectivity index (χ1) is 18.7. The number of carbonyl (C=O) groups excluding carboxylic acids is 1. The van der Waals surface area contributed by atoms with Crippen molar-refractivity contribution in [2.45, 2.75) is 64.8 Å². The summed E-state index contributed by atoms with van der Waals surface area (Å²) in [6, 6.07) is 17.5. The molecule has 2 fully saturated rings. The summed E-state index contributed by atoms with van der Waals surface area (Å²) in [4.78, 5) is 20.3. The molecule has 0 spiro atoms. The number of nitrogens with one attached hydrogen (secondary N) is 1. The van der Waals surface area contributed by atoms with Crippen molar-refractivity contribution in [3.05, 3.63) is 80.3 Å². The van der Waals surface area contributed by atoms with E-state index in [2.05, 4.69) is 48.0 Å². The highest BCUT2D eigenvalue weighted by Crippen LogP contribution is 2.45. The van der Waals surface area contributed by atoms with Crippen LogP contribution in [0.25, 0.3) is 11.1 Å². The number of anilines is 2. The number of carbonyl (C=O) groups is 1. The third-order valence-electron chi connectivity index (χ3n) is 8.46. The number of likely N-dealkylation sites (tertiary alicyclic amines) is 2. The van der Waals surface area contributed by atoms with E-state index in [1.807, 2.05) is 36.4 Å². The van der Waals surface area contributed by atoms with Crippen LogP contribution < -0.4 is 10.2 Å². The van der Waals surface area contributed by atoms with Crippen molar-refractivity contribution in [3.8, 4) is 11.1 Å². The molecule has 6 rings (SSSR count). The fourth-order valence-corrected chi connectivity index (χ4v) is 7.50. The summed E-state index contributed by atoms with van der Waals surface area (Å²) in [7, 11) is 0. The van der Waals surface area contributed by atoms with Crippen molar-refractivity contribution in [2.75, 3.05) is 18.0 Å². The first-order valence-corrected chi connectivity index (χ1v) is 14.8. The van der Waals surface area contributed by atoms with Crippen LogP contribution in [0.5, 0.6) is 0 Å². The molecule has 2 unspecified atom stereocenters. The Morgan fingerprint density at radius 1 is 0.923 bits per heavy atom. The fourth-order valence-electron chi connectivity index (χ4n) is 6.56. The van der Waals surface area contributed by atoms with Gasteiger partial charge in [0.2, 0.25) is 0 Å². The average molecular weight is 584 g/mol. The molecule has 3 aliphatic heterocycles. The zero-order valence-corrected chi connectivity index (χ0v) is 24.7. The quantitative estimate of drug-likeness (QED) is 0.321. The third kappa shape index (κ3) is 4.83. The van der Waals surface area contributed by atoms with Gasteiger partial charge in [-0.3, -0.25) is 14.7 Å². The molecule has 39 heavy (non-hydrogen) atoms. The number of hydrogen-bond acceptors (Lipinski definition) is 3. The molecule has 3 aromatic rings. The van der Waals surface area contributed by atoms with Crippen molar-refractivity contribution < 1.29 is 4.79 Å². The van der Waals surface area contributed by atoms with Gasteiger partial charge in [-0.1, -0.05) is 59.9 Å². The van der Waals surface area contributed by atoms with Crippen LogP contribution in [0.2, 0.25) is 15.1 Å². The molecule has 2 atom stereocenters. The van der Waals surface area contributed by atoms with E-state index in [0.717, 1.165) is 59.6 Å². The van der Waals surface area contributed by atoms with Gasteiger partial charge in [0.1, 0.15) is 0 Å². The molecule has 0 aromatic heterocycles. The predicted octanol–water partition coefficient (Wildman–Crippen LogP) is 7.90. The first kappa shape index (κ1) is 26.9. The minimum absolute atomic E-state index is 0.245. The smallest absolute Gasteiger partial charge is 0.326 e. The number of amides is 2. The lowest BCUT2D eigenvalue weighted by Crippen LogP contribution is -2.48. The van der Waals surface area contributed by atoms with E-state index in [9.17, 15) is 4.79 Å². The number of nitrogens with zero attached hydrogens (tertiary/aromatic N) is 3. The Balaban J connectivity index is 1.46. The molecule has 5 nitrogen and oxygen atoms in total. The van der Waals surface area contributed by atoms with E-state index in [1.54, 1.807) is 4.90 Å². The van der Waals surface area contributed by atoms with Crippen LogP contribution in [0.15, 0.2) is 48.5 Å². The summed E-state index contributed by atoms with van der Waals surface area (Å²) in [5.74, 6) is 0. The highest BCUT2D eigenvalue weighted by Gasteiger charge is 2.44. The van der Waals surface area contributed by atoms with Crippen molar-refractivity contribution in [2.24, 2.45) is 0 Å². The molecule has 0 saturated carbocycles. The maximum atomic E-state index is 13.4. The molecular formula is C31H33Cl3N4O. The highest BCUT2D eigenvalue weighted by molar-refractivity contribution is 6.40. The summed E-state index contributed by atoms with van der Waals surface area (Å²) in [5.41, 5.74) is 6.42. The first-order valence-electron chi connectivity index (χ1n) is 13.7. The van der Waals surface area contributed by atoms with Crippen LogP contribution in [-0.2, 0) is 19.5 Å². The van der Waals surface area contributed by atoms with Crippen molar-refractivity contribution in [1.29, 1.82) is 0 Å². The second-order valence-corrected chi connectivity index (χ2v) is 12.4. The lowest BCUT2D eigenvalue weighted by molar-refractivity contribution is 0.0999. The van der Waals surface area contributed by atoms with Crippen molar-refractivity contribution in [1.82, 2.24) is 15.1 Å². The standard InChI is InChI=1S/C31H33Cl3N4O/c1-4-19-10-27(33)30(28(34)11-19)38-29-12-20(15-36-16-22-13-21(36)17-37(22)18(2)3)9-24(25(29)14-35-31(38)39)23-7-5-6-8-26(23)32/h5-12,18,21-22H,4,13-17H2,1-3H3,(H,35,39). The van der Waals surface area contributed by atoms with Gasteiger partial charge < -0.3 is 5.32 Å². The zero-order chi connectivity index (χ0) is 27.4. The summed E-state index contributed by atoms with van der Waals surface area (Å²) in [6.45, 7) is 9.99. The largest absolute Gasteiger partial charge is 0.333 e. The number of halogens is 3. The second kappa shape index (κ2) is 10.6. The molecule has 0 aliphatic carbocycles. The summed E-state index contributed by atoms with van der Waals surface area (Å²) in [5, 5.41) is 4.63. The lowest BCUT2D eigenvalue weighted by atomic mass is 9.93. The Bertz CT molecular complexity index is 1420. The molecule has 1 N–H and O–H groups in total. The van der Waals surface area contributed by atoms with Crippen LogP contribution in [0.1, 0.15) is 43.9 Å². The van der Waals surface area contributed by atoms with Gasteiger partial charge in [0, 0.05) is 60.5 Å². The van der Waals surface area contributed by atoms with Gasteiger partial charge >= 0.3 is 6.03 Å². The van der Waals surface area contributed by atoms with Gasteiger partial charge in [-0.15, -0.1) is 0 Å². The molecule has 3 heterocycles. The van der Waals surface area contributed by atoms with Gasteiger partial charge in [-0.2, -0.15) is 0 Å². The predicted molar refractivity (Wildman–Crippen MR) is 162 cm³/mol. The van der Waals surface area contributed by atoms with Crippen molar-refractivity contribution >= 4 is 52.2 Å². The van der Waals surface area contributed by atoms with Crippen LogP contribution in [0.4, 0.5) is 16.2 Å². The molecule has 3 aliphatic rings. The molecular weight excluding hydrogens is 551 g/mol. The van der Waals surface area contributed by atoms with E-state index < -0.39 is 0 Å². The molecule has 8 heteroatoms. The Labute approximate surface area is 245 Å². The van der Waals surface area contributed by atoms with E-state index in [0.29, 0.717) is 45.4 Å². The molecule has 2 bridgehead atoms. The molecule has 0 radical (unpaired) electrons. The number of hydrogen-bond donors (Lipinski definition) is 1. The summed E-state index contributed by atoms with van der Waals surface area (Å²) in [6.07, 6.45) is 2.01. The van der Waals surface area contributed by atoms with E-state index in [1.165, 1.54) is 6.42 Å². The number of aryl methyl sites for hydroxylation is 1. The Hall–Kier alpha value is -2.28. The van der Waals surface area contributed by atoms with Gasteiger partial charge in [0.25, 0.3) is 0 Å². The Morgan fingerprint density at radius 3 is 2.31 bits per heavy atom. The van der Waals surface area contributed by atoms with E-state index in [4.69, 9.17) is 34.8 Å².